The zero-order valence-corrected chi connectivity index (χ0v) is 17.4. The van der Waals surface area contributed by atoms with Crippen molar-refractivity contribution >= 4 is 49.3 Å². The van der Waals surface area contributed by atoms with Crippen LogP contribution >= 0.6 is 39.3 Å². The number of rotatable bonds is 4. The fraction of sp³-hybridized carbons (Fsp3) is 0.118. The molecule has 0 amide bonds. The van der Waals surface area contributed by atoms with Gasteiger partial charge in [-0.15, -0.1) is 0 Å². The summed E-state index contributed by atoms with van der Waals surface area (Å²) in [5, 5.41) is 4.92. The van der Waals surface area contributed by atoms with E-state index in [1.54, 1.807) is 50.2 Å². The SMILES string of the molecule is Cc1nn(S(=O)(=O)c2ccc(Br)cc2)c(C)c1Sc1ccc(Cl)cc1. The summed E-state index contributed by atoms with van der Waals surface area (Å²) in [7, 11) is -3.74. The molecular formula is C17H14BrClN2O2S2. The fourth-order valence-corrected chi connectivity index (χ4v) is 5.05. The molecule has 25 heavy (non-hydrogen) atoms. The topological polar surface area (TPSA) is 52.0 Å². The van der Waals surface area contributed by atoms with Crippen LogP contribution in [0.25, 0.3) is 0 Å². The van der Waals surface area contributed by atoms with Gasteiger partial charge in [-0.2, -0.15) is 17.6 Å². The highest BCUT2D eigenvalue weighted by atomic mass is 79.9. The van der Waals surface area contributed by atoms with E-state index in [9.17, 15) is 8.42 Å². The van der Waals surface area contributed by atoms with Gasteiger partial charge in [0, 0.05) is 14.4 Å². The molecule has 0 radical (unpaired) electrons. The quantitative estimate of drug-likeness (QED) is 0.533. The second-order valence-electron chi connectivity index (χ2n) is 5.36. The summed E-state index contributed by atoms with van der Waals surface area (Å²) < 4.78 is 27.7. The minimum atomic E-state index is -3.74. The Kier molecular flexibility index (Phi) is 5.29. The number of benzene rings is 2. The van der Waals surface area contributed by atoms with Crippen molar-refractivity contribution in [3.8, 4) is 0 Å². The van der Waals surface area contributed by atoms with E-state index in [1.165, 1.54) is 11.8 Å². The summed E-state index contributed by atoms with van der Waals surface area (Å²) in [5.41, 5.74) is 1.25. The summed E-state index contributed by atoms with van der Waals surface area (Å²) in [6, 6.07) is 13.9. The van der Waals surface area contributed by atoms with Crippen molar-refractivity contribution in [1.29, 1.82) is 0 Å². The third-order valence-corrected chi connectivity index (χ3v) is 7.32. The number of halogens is 2. The summed E-state index contributed by atoms with van der Waals surface area (Å²) in [6.45, 7) is 3.56. The van der Waals surface area contributed by atoms with Crippen molar-refractivity contribution in [2.24, 2.45) is 0 Å². The molecule has 8 heteroatoms. The standard InChI is InChI=1S/C17H14BrClN2O2S2/c1-11-17(24-15-7-5-14(19)6-8-15)12(2)21(20-11)25(22,23)16-9-3-13(18)4-10-16/h3-10H,1-2H3. The molecule has 0 aliphatic carbocycles. The minimum Gasteiger partial charge on any atom is -0.199 e. The van der Waals surface area contributed by atoms with Crippen LogP contribution in [0.5, 0.6) is 0 Å². The van der Waals surface area contributed by atoms with E-state index in [2.05, 4.69) is 21.0 Å². The molecule has 3 rings (SSSR count). The zero-order chi connectivity index (χ0) is 18.2. The van der Waals surface area contributed by atoms with Gasteiger partial charge in [0.05, 0.1) is 21.2 Å². The van der Waals surface area contributed by atoms with Gasteiger partial charge in [-0.1, -0.05) is 39.3 Å². The molecule has 0 fully saturated rings. The van der Waals surface area contributed by atoms with Crippen molar-refractivity contribution in [2.75, 3.05) is 0 Å². The van der Waals surface area contributed by atoms with Gasteiger partial charge < -0.3 is 0 Å². The van der Waals surface area contributed by atoms with Gasteiger partial charge in [-0.3, -0.25) is 0 Å². The van der Waals surface area contributed by atoms with Gasteiger partial charge in [-0.25, -0.2) is 0 Å². The second kappa shape index (κ2) is 7.15. The Bertz CT molecular complexity index is 1010. The third-order valence-electron chi connectivity index (χ3n) is 3.56. The van der Waals surface area contributed by atoms with E-state index < -0.39 is 10.0 Å². The Labute approximate surface area is 164 Å². The zero-order valence-electron chi connectivity index (χ0n) is 13.4. The minimum absolute atomic E-state index is 0.198. The Morgan fingerprint density at radius 2 is 1.64 bits per heavy atom. The van der Waals surface area contributed by atoms with Gasteiger partial charge >= 0.3 is 0 Å². The largest absolute Gasteiger partial charge is 0.283 e. The molecule has 1 heterocycles. The smallest absolute Gasteiger partial charge is 0.199 e. The Morgan fingerprint density at radius 1 is 1.04 bits per heavy atom. The lowest BCUT2D eigenvalue weighted by molar-refractivity contribution is 0.577. The Hall–Kier alpha value is -1.28. The molecule has 0 spiro atoms. The van der Waals surface area contributed by atoms with Gasteiger partial charge in [0.15, 0.2) is 0 Å². The fourth-order valence-electron chi connectivity index (χ4n) is 2.31. The molecule has 0 N–H and O–H groups in total. The van der Waals surface area contributed by atoms with Gasteiger partial charge in [0.2, 0.25) is 0 Å². The van der Waals surface area contributed by atoms with Crippen LogP contribution in [0, 0.1) is 13.8 Å². The maximum atomic E-state index is 12.9. The number of hydrogen-bond acceptors (Lipinski definition) is 4. The van der Waals surface area contributed by atoms with Crippen LogP contribution in [0.15, 0.2) is 67.7 Å². The molecule has 2 aromatic carbocycles. The lowest BCUT2D eigenvalue weighted by Crippen LogP contribution is -2.16. The molecule has 4 nitrogen and oxygen atoms in total. The predicted molar refractivity (Wildman–Crippen MR) is 104 cm³/mol. The average molecular weight is 458 g/mol. The summed E-state index contributed by atoms with van der Waals surface area (Å²) in [4.78, 5) is 1.99. The van der Waals surface area contributed by atoms with Gasteiger partial charge in [0.1, 0.15) is 0 Å². The van der Waals surface area contributed by atoms with Crippen molar-refractivity contribution in [3.05, 3.63) is 69.4 Å². The van der Waals surface area contributed by atoms with Crippen molar-refractivity contribution in [2.45, 2.75) is 28.5 Å². The average Bonchev–Trinajstić information content (AvgIpc) is 2.86. The van der Waals surface area contributed by atoms with Crippen LogP contribution < -0.4 is 0 Å². The maximum Gasteiger partial charge on any atom is 0.283 e. The molecule has 0 unspecified atom stereocenters. The highest BCUT2D eigenvalue weighted by molar-refractivity contribution is 9.10. The predicted octanol–water partition coefficient (Wildman–Crippen LogP) is 5.30. The molecule has 0 aliphatic rings. The van der Waals surface area contributed by atoms with Crippen molar-refractivity contribution < 1.29 is 8.42 Å². The lowest BCUT2D eigenvalue weighted by atomic mass is 10.4. The molecule has 0 atom stereocenters. The normalized spacial score (nSPS) is 11.7. The van der Waals surface area contributed by atoms with E-state index >= 15 is 0 Å². The van der Waals surface area contributed by atoms with Crippen LogP contribution in [0.4, 0.5) is 0 Å². The van der Waals surface area contributed by atoms with E-state index in [1.807, 2.05) is 12.1 Å². The Morgan fingerprint density at radius 3 is 2.24 bits per heavy atom. The first-order chi connectivity index (χ1) is 11.8. The van der Waals surface area contributed by atoms with Crippen LogP contribution in [0.2, 0.25) is 5.02 Å². The summed E-state index contributed by atoms with van der Waals surface area (Å²) in [6.07, 6.45) is 0. The molecular weight excluding hydrogens is 444 g/mol. The van der Waals surface area contributed by atoms with Crippen LogP contribution in [-0.2, 0) is 10.0 Å². The maximum absolute atomic E-state index is 12.9. The van der Waals surface area contributed by atoms with Gasteiger partial charge in [0.25, 0.3) is 10.0 Å². The molecule has 3 aromatic rings. The first-order valence-electron chi connectivity index (χ1n) is 7.30. The first-order valence-corrected chi connectivity index (χ1v) is 10.7. The number of aryl methyl sites for hydroxylation is 1. The van der Waals surface area contributed by atoms with Crippen molar-refractivity contribution in [1.82, 2.24) is 9.19 Å². The molecule has 0 aliphatic heterocycles. The molecule has 1 aromatic heterocycles. The van der Waals surface area contributed by atoms with Gasteiger partial charge in [-0.05, 0) is 62.4 Å². The summed E-state index contributed by atoms with van der Waals surface area (Å²) in [5.74, 6) is 0. The lowest BCUT2D eigenvalue weighted by Gasteiger charge is -2.07. The molecule has 0 bridgehead atoms. The molecule has 0 saturated heterocycles. The highest BCUT2D eigenvalue weighted by Crippen LogP contribution is 2.34. The third kappa shape index (κ3) is 3.79. The van der Waals surface area contributed by atoms with E-state index in [-0.39, 0.29) is 4.90 Å². The molecule has 0 saturated carbocycles. The molecule has 130 valence electrons. The number of nitrogens with zero attached hydrogens (tertiary/aromatic N) is 2. The summed E-state index contributed by atoms with van der Waals surface area (Å²) >= 11 is 10.7. The van der Waals surface area contributed by atoms with E-state index in [0.717, 1.165) is 18.4 Å². The second-order valence-corrected chi connectivity index (χ2v) is 9.56. The first kappa shape index (κ1) is 18.5. The van der Waals surface area contributed by atoms with Crippen LogP contribution in [-0.4, -0.2) is 17.6 Å². The van der Waals surface area contributed by atoms with Crippen LogP contribution in [0.3, 0.4) is 0 Å². The van der Waals surface area contributed by atoms with E-state index in [0.29, 0.717) is 16.4 Å². The number of hydrogen-bond donors (Lipinski definition) is 0. The van der Waals surface area contributed by atoms with Crippen LogP contribution in [0.1, 0.15) is 11.4 Å². The number of aromatic nitrogens is 2. The highest BCUT2D eigenvalue weighted by Gasteiger charge is 2.24. The monoisotopic (exact) mass is 456 g/mol. The van der Waals surface area contributed by atoms with Crippen molar-refractivity contribution in [3.63, 3.8) is 0 Å². The Balaban J connectivity index is 2.01. The van der Waals surface area contributed by atoms with E-state index in [4.69, 9.17) is 11.6 Å².